The number of aromatic nitrogens is 1. The summed E-state index contributed by atoms with van der Waals surface area (Å²) >= 11 is 0. The highest BCUT2D eigenvalue weighted by Crippen LogP contribution is 2.26. The van der Waals surface area contributed by atoms with E-state index in [2.05, 4.69) is 54.3 Å². The first-order chi connectivity index (χ1) is 8.25. The minimum absolute atomic E-state index is 0.297. The summed E-state index contributed by atoms with van der Waals surface area (Å²) in [7, 11) is 2.09. The van der Waals surface area contributed by atoms with Crippen LogP contribution in [-0.2, 0) is 11.8 Å². The van der Waals surface area contributed by atoms with Gasteiger partial charge in [-0.05, 0) is 25.5 Å². The number of fused-ring (bicyclic) bond motifs is 1. The van der Waals surface area contributed by atoms with Crippen LogP contribution in [-0.4, -0.2) is 23.3 Å². The van der Waals surface area contributed by atoms with Crippen molar-refractivity contribution in [2.45, 2.75) is 25.5 Å². The Hall–Kier alpha value is -1.48. The number of nitrogens with one attached hydrogen (secondary N) is 1. The van der Waals surface area contributed by atoms with Crippen molar-refractivity contribution in [2.24, 2.45) is 7.05 Å². The zero-order chi connectivity index (χ0) is 11.8. The molecule has 2 aromatic rings. The lowest BCUT2D eigenvalue weighted by molar-refractivity contribution is 0.121. The smallest absolute Gasteiger partial charge is 0.0748 e. The molecule has 17 heavy (non-hydrogen) atoms. The van der Waals surface area contributed by atoms with E-state index in [1.54, 1.807) is 0 Å². The highest BCUT2D eigenvalue weighted by atomic mass is 16.5. The molecule has 0 aliphatic carbocycles. The Balaban J connectivity index is 1.97. The number of ether oxygens (including phenoxy) is 1. The van der Waals surface area contributed by atoms with Crippen LogP contribution in [0.25, 0.3) is 10.9 Å². The zero-order valence-electron chi connectivity index (χ0n) is 10.3. The lowest BCUT2D eigenvalue weighted by Gasteiger charge is -2.18. The Morgan fingerprint density at radius 3 is 3.00 bits per heavy atom. The van der Waals surface area contributed by atoms with E-state index in [0.29, 0.717) is 12.1 Å². The largest absolute Gasteiger partial charge is 0.378 e. The second-order valence-electron chi connectivity index (χ2n) is 4.79. The SMILES string of the molecule is C[C@H]1OCC[C@H]1Nc1cccc2ccn(C)c12. The highest BCUT2D eigenvalue weighted by molar-refractivity contribution is 5.91. The van der Waals surface area contributed by atoms with Crippen LogP contribution in [0, 0.1) is 0 Å². The molecule has 1 fully saturated rings. The van der Waals surface area contributed by atoms with Gasteiger partial charge in [-0.2, -0.15) is 0 Å². The minimum atomic E-state index is 0.297. The van der Waals surface area contributed by atoms with E-state index in [4.69, 9.17) is 4.74 Å². The van der Waals surface area contributed by atoms with E-state index in [1.807, 2.05) is 0 Å². The van der Waals surface area contributed by atoms with Crippen LogP contribution in [0.2, 0.25) is 0 Å². The standard InChI is InChI=1S/C14H18N2O/c1-10-12(7-9-17-10)15-13-5-3-4-11-6-8-16(2)14(11)13/h3-6,8,10,12,15H,7,9H2,1-2H3/t10-,12-/m1/s1. The number of para-hydroxylation sites is 1. The van der Waals surface area contributed by atoms with Gasteiger partial charge in [-0.25, -0.2) is 0 Å². The average Bonchev–Trinajstić information content (AvgIpc) is 2.88. The third-order valence-corrected chi connectivity index (χ3v) is 3.61. The molecule has 2 heterocycles. The molecule has 1 aliphatic heterocycles. The third-order valence-electron chi connectivity index (χ3n) is 3.61. The lowest BCUT2D eigenvalue weighted by Crippen LogP contribution is -2.26. The van der Waals surface area contributed by atoms with Crippen molar-refractivity contribution >= 4 is 16.6 Å². The van der Waals surface area contributed by atoms with E-state index in [9.17, 15) is 0 Å². The number of hydrogen-bond acceptors (Lipinski definition) is 2. The summed E-state index contributed by atoms with van der Waals surface area (Å²) in [6, 6.07) is 8.97. The summed E-state index contributed by atoms with van der Waals surface area (Å²) in [5, 5.41) is 4.90. The van der Waals surface area contributed by atoms with Gasteiger partial charge in [0.2, 0.25) is 0 Å². The maximum absolute atomic E-state index is 5.59. The van der Waals surface area contributed by atoms with Gasteiger partial charge in [0.05, 0.1) is 23.3 Å². The summed E-state index contributed by atoms with van der Waals surface area (Å²) in [6.07, 6.45) is 3.48. The number of aryl methyl sites for hydroxylation is 1. The third kappa shape index (κ3) is 1.80. The predicted octanol–water partition coefficient (Wildman–Crippen LogP) is 2.77. The van der Waals surface area contributed by atoms with Crippen LogP contribution < -0.4 is 5.32 Å². The number of benzene rings is 1. The topological polar surface area (TPSA) is 26.2 Å². The van der Waals surface area contributed by atoms with Crippen LogP contribution in [0.3, 0.4) is 0 Å². The number of nitrogens with zero attached hydrogens (tertiary/aromatic N) is 1. The molecule has 1 aliphatic rings. The minimum Gasteiger partial charge on any atom is -0.378 e. The van der Waals surface area contributed by atoms with Gasteiger partial charge in [-0.1, -0.05) is 12.1 Å². The lowest BCUT2D eigenvalue weighted by atomic mass is 10.1. The molecule has 0 amide bonds. The molecule has 1 aromatic heterocycles. The Bertz CT molecular complexity index is 532. The molecule has 3 heteroatoms. The van der Waals surface area contributed by atoms with E-state index < -0.39 is 0 Å². The number of anilines is 1. The molecule has 0 radical (unpaired) electrons. The first kappa shape index (κ1) is 10.7. The molecule has 0 spiro atoms. The second kappa shape index (κ2) is 4.08. The van der Waals surface area contributed by atoms with Crippen molar-refractivity contribution in [3.05, 3.63) is 30.5 Å². The fraction of sp³-hybridized carbons (Fsp3) is 0.429. The van der Waals surface area contributed by atoms with Gasteiger partial charge < -0.3 is 14.6 Å². The van der Waals surface area contributed by atoms with E-state index in [-0.39, 0.29) is 0 Å². The van der Waals surface area contributed by atoms with Crippen LogP contribution in [0.4, 0.5) is 5.69 Å². The fourth-order valence-electron chi connectivity index (χ4n) is 2.59. The monoisotopic (exact) mass is 230 g/mol. The quantitative estimate of drug-likeness (QED) is 0.858. The second-order valence-corrected chi connectivity index (χ2v) is 4.79. The van der Waals surface area contributed by atoms with E-state index >= 15 is 0 Å². The Kier molecular flexibility index (Phi) is 2.56. The molecular weight excluding hydrogens is 212 g/mol. The highest BCUT2D eigenvalue weighted by Gasteiger charge is 2.24. The molecule has 1 N–H and O–H groups in total. The van der Waals surface area contributed by atoms with Crippen LogP contribution in [0.1, 0.15) is 13.3 Å². The molecule has 1 aromatic carbocycles. The molecule has 0 bridgehead atoms. The summed E-state index contributed by atoms with van der Waals surface area (Å²) in [5.74, 6) is 0. The number of rotatable bonds is 2. The van der Waals surface area contributed by atoms with Crippen molar-refractivity contribution in [1.82, 2.24) is 4.57 Å². The predicted molar refractivity (Wildman–Crippen MR) is 70.4 cm³/mol. The summed E-state index contributed by atoms with van der Waals surface area (Å²) in [5.41, 5.74) is 2.48. The van der Waals surface area contributed by atoms with Crippen molar-refractivity contribution in [1.29, 1.82) is 0 Å². The van der Waals surface area contributed by atoms with Crippen molar-refractivity contribution < 1.29 is 4.74 Å². The first-order valence-electron chi connectivity index (χ1n) is 6.18. The first-order valence-corrected chi connectivity index (χ1v) is 6.18. The average molecular weight is 230 g/mol. The molecule has 3 nitrogen and oxygen atoms in total. The van der Waals surface area contributed by atoms with E-state index in [1.165, 1.54) is 16.6 Å². The molecular formula is C14H18N2O. The zero-order valence-corrected chi connectivity index (χ0v) is 10.3. The van der Waals surface area contributed by atoms with Crippen molar-refractivity contribution in [2.75, 3.05) is 11.9 Å². The summed E-state index contributed by atoms with van der Waals surface area (Å²) in [6.45, 7) is 3.00. The van der Waals surface area contributed by atoms with Gasteiger partial charge in [-0.15, -0.1) is 0 Å². The molecule has 1 saturated heterocycles. The van der Waals surface area contributed by atoms with Gasteiger partial charge in [-0.3, -0.25) is 0 Å². The van der Waals surface area contributed by atoms with Crippen LogP contribution in [0.15, 0.2) is 30.5 Å². The molecule has 3 rings (SSSR count). The summed E-state index contributed by atoms with van der Waals surface area (Å²) in [4.78, 5) is 0. The van der Waals surface area contributed by atoms with E-state index in [0.717, 1.165) is 13.0 Å². The van der Waals surface area contributed by atoms with Crippen LogP contribution >= 0.6 is 0 Å². The van der Waals surface area contributed by atoms with Gasteiger partial charge in [0.1, 0.15) is 0 Å². The molecule has 0 unspecified atom stereocenters. The molecule has 0 saturated carbocycles. The number of hydrogen-bond donors (Lipinski definition) is 1. The normalized spacial score (nSPS) is 24.4. The Morgan fingerprint density at radius 2 is 2.24 bits per heavy atom. The van der Waals surface area contributed by atoms with Gasteiger partial charge in [0, 0.05) is 25.2 Å². The Labute approximate surface area is 101 Å². The maximum atomic E-state index is 5.59. The van der Waals surface area contributed by atoms with Gasteiger partial charge in [0.25, 0.3) is 0 Å². The molecule has 90 valence electrons. The van der Waals surface area contributed by atoms with Crippen LogP contribution in [0.5, 0.6) is 0 Å². The fourth-order valence-corrected chi connectivity index (χ4v) is 2.59. The van der Waals surface area contributed by atoms with Gasteiger partial charge >= 0.3 is 0 Å². The van der Waals surface area contributed by atoms with Crippen molar-refractivity contribution in [3.8, 4) is 0 Å². The van der Waals surface area contributed by atoms with Gasteiger partial charge in [0.15, 0.2) is 0 Å². The summed E-state index contributed by atoms with van der Waals surface area (Å²) < 4.78 is 7.76. The molecule has 2 atom stereocenters. The van der Waals surface area contributed by atoms with Crippen molar-refractivity contribution in [3.63, 3.8) is 0 Å². The maximum Gasteiger partial charge on any atom is 0.0748 e. The Morgan fingerprint density at radius 1 is 1.35 bits per heavy atom.